The summed E-state index contributed by atoms with van der Waals surface area (Å²) < 4.78 is 0. The van der Waals surface area contributed by atoms with Crippen molar-refractivity contribution in [3.8, 4) is 0 Å². The topological polar surface area (TPSA) is 6.48 Å². The Bertz CT molecular complexity index is 665. The molecule has 2 saturated heterocycles. The predicted molar refractivity (Wildman–Crippen MR) is 101 cm³/mol. The molecule has 2 heteroatoms. The highest BCUT2D eigenvalue weighted by atomic mass is 15.2. The number of likely N-dealkylation sites (tertiary alicyclic amines) is 1. The van der Waals surface area contributed by atoms with E-state index in [4.69, 9.17) is 0 Å². The zero-order valence-corrected chi connectivity index (χ0v) is 14.9. The van der Waals surface area contributed by atoms with Crippen LogP contribution in [0.4, 0.5) is 5.69 Å². The first-order chi connectivity index (χ1) is 11.7. The lowest BCUT2D eigenvalue weighted by Gasteiger charge is -2.26. The fraction of sp³-hybridized carbons (Fsp3) is 0.455. The zero-order chi connectivity index (χ0) is 16.5. The standard InChI is InChI=1S/C22H28N2/c1-17(2)21-10-6-7-11-22(21)24-15-19-13-23(14-20(19)16-24)12-18-8-4-3-5-9-18/h3-11,17,19-20H,12-16H2,1-2H3. The second-order valence-electron chi connectivity index (χ2n) is 7.82. The minimum Gasteiger partial charge on any atom is -0.371 e. The fourth-order valence-corrected chi connectivity index (χ4v) is 4.52. The van der Waals surface area contributed by atoms with Gasteiger partial charge in [-0.3, -0.25) is 4.90 Å². The van der Waals surface area contributed by atoms with Crippen LogP contribution >= 0.6 is 0 Å². The molecule has 0 aliphatic carbocycles. The van der Waals surface area contributed by atoms with Crippen LogP contribution in [0.2, 0.25) is 0 Å². The number of hydrogen-bond donors (Lipinski definition) is 0. The van der Waals surface area contributed by atoms with Gasteiger partial charge >= 0.3 is 0 Å². The molecule has 126 valence electrons. The molecule has 2 unspecified atom stereocenters. The Kier molecular flexibility index (Phi) is 4.32. The first kappa shape index (κ1) is 15.7. The molecule has 2 nitrogen and oxygen atoms in total. The van der Waals surface area contributed by atoms with E-state index in [1.54, 1.807) is 0 Å². The maximum absolute atomic E-state index is 2.65. The lowest BCUT2D eigenvalue weighted by Crippen LogP contribution is -2.29. The largest absolute Gasteiger partial charge is 0.371 e. The van der Waals surface area contributed by atoms with E-state index in [1.807, 2.05) is 0 Å². The molecule has 24 heavy (non-hydrogen) atoms. The molecule has 0 bridgehead atoms. The van der Waals surface area contributed by atoms with Crippen molar-refractivity contribution in [3.05, 3.63) is 65.7 Å². The number of hydrogen-bond acceptors (Lipinski definition) is 2. The molecule has 2 aliphatic rings. The highest BCUT2D eigenvalue weighted by Gasteiger charge is 2.40. The second-order valence-corrected chi connectivity index (χ2v) is 7.82. The van der Waals surface area contributed by atoms with Gasteiger partial charge in [0.05, 0.1) is 0 Å². The van der Waals surface area contributed by atoms with Gasteiger partial charge in [0.1, 0.15) is 0 Å². The second kappa shape index (κ2) is 6.60. The average molecular weight is 320 g/mol. The van der Waals surface area contributed by atoms with Gasteiger partial charge in [-0.1, -0.05) is 62.4 Å². The number of nitrogens with zero attached hydrogens (tertiary/aromatic N) is 2. The molecular formula is C22H28N2. The highest BCUT2D eigenvalue weighted by molar-refractivity contribution is 5.56. The maximum Gasteiger partial charge on any atom is 0.0401 e. The van der Waals surface area contributed by atoms with Crippen molar-refractivity contribution in [2.24, 2.45) is 11.8 Å². The van der Waals surface area contributed by atoms with Crippen molar-refractivity contribution >= 4 is 5.69 Å². The van der Waals surface area contributed by atoms with Crippen LogP contribution in [0.3, 0.4) is 0 Å². The first-order valence-corrected chi connectivity index (χ1v) is 9.31. The minimum atomic E-state index is 0.594. The summed E-state index contributed by atoms with van der Waals surface area (Å²) in [7, 11) is 0. The fourth-order valence-electron chi connectivity index (χ4n) is 4.52. The molecule has 2 heterocycles. The molecular weight excluding hydrogens is 292 g/mol. The number of benzene rings is 2. The smallest absolute Gasteiger partial charge is 0.0401 e. The lowest BCUT2D eigenvalue weighted by atomic mass is 10.0. The Morgan fingerprint density at radius 2 is 1.46 bits per heavy atom. The molecule has 0 amide bonds. The molecule has 2 atom stereocenters. The van der Waals surface area contributed by atoms with E-state index >= 15 is 0 Å². The molecule has 2 aromatic rings. The van der Waals surface area contributed by atoms with Gasteiger partial charge in [0.15, 0.2) is 0 Å². The Labute approximate surface area is 146 Å². The van der Waals surface area contributed by atoms with Gasteiger partial charge in [-0.05, 0) is 34.9 Å². The SMILES string of the molecule is CC(C)c1ccccc1N1CC2CN(Cc3ccccc3)CC2C1. The van der Waals surface area contributed by atoms with Gasteiger partial charge in [-0.25, -0.2) is 0 Å². The van der Waals surface area contributed by atoms with Gasteiger partial charge in [-0.2, -0.15) is 0 Å². The Morgan fingerprint density at radius 1 is 0.833 bits per heavy atom. The predicted octanol–water partition coefficient (Wildman–Crippen LogP) is 4.38. The van der Waals surface area contributed by atoms with Crippen LogP contribution in [-0.2, 0) is 6.54 Å². The summed E-state index contributed by atoms with van der Waals surface area (Å²) in [5.74, 6) is 2.25. The van der Waals surface area contributed by atoms with Crippen LogP contribution < -0.4 is 4.90 Å². The molecule has 2 aromatic carbocycles. The van der Waals surface area contributed by atoms with Crippen molar-refractivity contribution < 1.29 is 0 Å². The molecule has 0 saturated carbocycles. The van der Waals surface area contributed by atoms with E-state index < -0.39 is 0 Å². The van der Waals surface area contributed by atoms with E-state index in [1.165, 1.54) is 43.0 Å². The molecule has 0 aromatic heterocycles. The van der Waals surface area contributed by atoms with Crippen molar-refractivity contribution in [2.75, 3.05) is 31.1 Å². The molecule has 4 rings (SSSR count). The van der Waals surface area contributed by atoms with Gasteiger partial charge in [0.25, 0.3) is 0 Å². The lowest BCUT2D eigenvalue weighted by molar-refractivity contribution is 0.309. The summed E-state index contributed by atoms with van der Waals surface area (Å²) in [6.07, 6.45) is 0. The zero-order valence-electron chi connectivity index (χ0n) is 14.9. The van der Waals surface area contributed by atoms with Gasteiger partial charge in [0, 0.05) is 38.4 Å². The van der Waals surface area contributed by atoms with E-state index in [0.29, 0.717) is 5.92 Å². The van der Waals surface area contributed by atoms with E-state index in [-0.39, 0.29) is 0 Å². The van der Waals surface area contributed by atoms with Gasteiger partial charge < -0.3 is 4.90 Å². The molecule has 0 radical (unpaired) electrons. The van der Waals surface area contributed by atoms with E-state index in [0.717, 1.165) is 18.4 Å². The van der Waals surface area contributed by atoms with E-state index in [9.17, 15) is 0 Å². The third kappa shape index (κ3) is 3.08. The van der Waals surface area contributed by atoms with Gasteiger partial charge in [-0.15, -0.1) is 0 Å². The van der Waals surface area contributed by atoms with Crippen molar-refractivity contribution in [1.29, 1.82) is 0 Å². The van der Waals surface area contributed by atoms with E-state index in [2.05, 4.69) is 78.2 Å². The average Bonchev–Trinajstić information content (AvgIpc) is 3.14. The molecule has 2 fully saturated rings. The third-order valence-electron chi connectivity index (χ3n) is 5.71. The summed E-state index contributed by atoms with van der Waals surface area (Å²) in [6.45, 7) is 10.7. The molecule has 0 spiro atoms. The van der Waals surface area contributed by atoms with Crippen LogP contribution in [0.15, 0.2) is 54.6 Å². The van der Waals surface area contributed by atoms with Crippen LogP contribution in [0.5, 0.6) is 0 Å². The third-order valence-corrected chi connectivity index (χ3v) is 5.71. The number of rotatable bonds is 4. The number of para-hydroxylation sites is 1. The van der Waals surface area contributed by atoms with Crippen LogP contribution in [0.1, 0.15) is 30.9 Å². The molecule has 0 N–H and O–H groups in total. The summed E-state index contributed by atoms with van der Waals surface area (Å²) in [5.41, 5.74) is 4.41. The van der Waals surface area contributed by atoms with Crippen LogP contribution in [-0.4, -0.2) is 31.1 Å². The quantitative estimate of drug-likeness (QED) is 0.825. The van der Waals surface area contributed by atoms with Gasteiger partial charge in [0.2, 0.25) is 0 Å². The first-order valence-electron chi connectivity index (χ1n) is 9.31. The normalized spacial score (nSPS) is 23.9. The summed E-state index contributed by atoms with van der Waals surface area (Å²) >= 11 is 0. The number of anilines is 1. The van der Waals surface area contributed by atoms with Crippen molar-refractivity contribution in [3.63, 3.8) is 0 Å². The molecule has 2 aliphatic heterocycles. The van der Waals surface area contributed by atoms with Crippen molar-refractivity contribution in [2.45, 2.75) is 26.3 Å². The Morgan fingerprint density at radius 3 is 2.12 bits per heavy atom. The summed E-state index contributed by atoms with van der Waals surface area (Å²) in [6, 6.07) is 19.9. The maximum atomic E-state index is 2.65. The van der Waals surface area contributed by atoms with Crippen LogP contribution in [0.25, 0.3) is 0 Å². The minimum absolute atomic E-state index is 0.594. The number of fused-ring (bicyclic) bond motifs is 1. The summed E-state index contributed by atoms with van der Waals surface area (Å²) in [4.78, 5) is 5.29. The van der Waals surface area contributed by atoms with Crippen molar-refractivity contribution in [1.82, 2.24) is 4.90 Å². The Balaban J connectivity index is 1.41. The Hall–Kier alpha value is -1.80. The summed E-state index contributed by atoms with van der Waals surface area (Å²) in [5, 5.41) is 0. The monoisotopic (exact) mass is 320 g/mol. The highest BCUT2D eigenvalue weighted by Crippen LogP contribution is 2.37. The van der Waals surface area contributed by atoms with Crippen LogP contribution in [0, 0.1) is 11.8 Å².